The minimum atomic E-state index is 0.110. The van der Waals surface area contributed by atoms with Crippen LogP contribution in [-0.2, 0) is 0 Å². The van der Waals surface area contributed by atoms with Gasteiger partial charge < -0.3 is 5.73 Å². The van der Waals surface area contributed by atoms with E-state index in [1.807, 2.05) is 4.52 Å². The second kappa shape index (κ2) is 3.01. The van der Waals surface area contributed by atoms with Crippen molar-refractivity contribution in [3.8, 4) is 0 Å². The van der Waals surface area contributed by atoms with E-state index in [1.54, 1.807) is 11.3 Å². The van der Waals surface area contributed by atoms with Gasteiger partial charge in [0.05, 0.1) is 6.04 Å². The van der Waals surface area contributed by atoms with Crippen LogP contribution in [-0.4, -0.2) is 19.8 Å². The Balaban J connectivity index is 1.77. The van der Waals surface area contributed by atoms with Crippen molar-refractivity contribution in [1.29, 1.82) is 0 Å². The van der Waals surface area contributed by atoms with Crippen molar-refractivity contribution in [1.82, 2.24) is 19.8 Å². The van der Waals surface area contributed by atoms with Crippen molar-refractivity contribution in [2.45, 2.75) is 37.6 Å². The van der Waals surface area contributed by atoms with Crippen LogP contribution in [0.2, 0.25) is 0 Å². The molecule has 0 amide bonds. The second-order valence-electron chi connectivity index (χ2n) is 4.83. The first-order valence-corrected chi connectivity index (χ1v) is 6.62. The molecule has 2 aromatic rings. The number of hydrogen-bond acceptors (Lipinski definition) is 5. The molecule has 0 spiro atoms. The molecular weight excluding hydrogens is 222 g/mol. The van der Waals surface area contributed by atoms with Crippen LogP contribution in [0.5, 0.6) is 0 Å². The lowest BCUT2D eigenvalue weighted by atomic mass is 10.2. The summed E-state index contributed by atoms with van der Waals surface area (Å²) in [4.78, 5) is 0.896. The Hall–Kier alpha value is -1.01. The fraction of sp³-hybridized carbons (Fsp3) is 0.700. The smallest absolute Gasteiger partial charge is 0.234 e. The Morgan fingerprint density at radius 2 is 2.06 bits per heavy atom. The van der Waals surface area contributed by atoms with Gasteiger partial charge in [0.25, 0.3) is 0 Å². The summed E-state index contributed by atoms with van der Waals surface area (Å²) >= 11 is 1.59. The molecule has 2 aliphatic rings. The highest BCUT2D eigenvalue weighted by molar-refractivity contribution is 7.16. The molecule has 84 valence electrons. The average Bonchev–Trinajstić information content (AvgIpc) is 3.16. The van der Waals surface area contributed by atoms with E-state index in [2.05, 4.69) is 15.3 Å². The van der Waals surface area contributed by atoms with Crippen molar-refractivity contribution in [3.05, 3.63) is 10.8 Å². The molecule has 2 N–H and O–H groups in total. The maximum Gasteiger partial charge on any atom is 0.234 e. The van der Waals surface area contributed by atoms with Gasteiger partial charge in [0.15, 0.2) is 5.82 Å². The third kappa shape index (κ3) is 1.29. The van der Waals surface area contributed by atoms with Crippen LogP contribution >= 0.6 is 11.3 Å². The van der Waals surface area contributed by atoms with Gasteiger partial charge in [0.2, 0.25) is 4.96 Å². The Morgan fingerprint density at radius 1 is 1.25 bits per heavy atom. The van der Waals surface area contributed by atoms with Gasteiger partial charge in [-0.1, -0.05) is 11.3 Å². The highest BCUT2D eigenvalue weighted by Crippen LogP contribution is 2.42. The first-order chi connectivity index (χ1) is 7.83. The third-order valence-electron chi connectivity index (χ3n) is 3.39. The molecule has 0 saturated heterocycles. The Kier molecular flexibility index (Phi) is 1.71. The van der Waals surface area contributed by atoms with Gasteiger partial charge in [0.1, 0.15) is 5.01 Å². The lowest BCUT2D eigenvalue weighted by Gasteiger charge is -2.03. The van der Waals surface area contributed by atoms with E-state index in [0.29, 0.717) is 11.8 Å². The zero-order valence-corrected chi connectivity index (χ0v) is 9.65. The van der Waals surface area contributed by atoms with E-state index >= 15 is 0 Å². The first kappa shape index (κ1) is 9.07. The maximum atomic E-state index is 6.15. The van der Waals surface area contributed by atoms with Crippen molar-refractivity contribution < 1.29 is 0 Å². The van der Waals surface area contributed by atoms with Gasteiger partial charge in [-0.25, -0.2) is 0 Å². The Morgan fingerprint density at radius 3 is 2.75 bits per heavy atom. The zero-order valence-electron chi connectivity index (χ0n) is 8.83. The van der Waals surface area contributed by atoms with Crippen LogP contribution in [0.1, 0.15) is 48.5 Å². The Labute approximate surface area is 96.7 Å². The van der Waals surface area contributed by atoms with Gasteiger partial charge in [-0.2, -0.15) is 9.61 Å². The maximum absolute atomic E-state index is 6.15. The summed E-state index contributed by atoms with van der Waals surface area (Å²) < 4.78 is 1.90. The summed E-state index contributed by atoms with van der Waals surface area (Å²) in [6, 6.07) is 0.110. The molecule has 0 aromatic carbocycles. The predicted octanol–water partition coefficient (Wildman–Crippen LogP) is 1.47. The number of fused-ring (bicyclic) bond motifs is 1. The molecule has 0 aliphatic heterocycles. The minimum Gasteiger partial charge on any atom is -0.322 e. The molecule has 1 unspecified atom stereocenters. The molecule has 2 aromatic heterocycles. The van der Waals surface area contributed by atoms with Gasteiger partial charge >= 0.3 is 0 Å². The van der Waals surface area contributed by atoms with Crippen LogP contribution < -0.4 is 5.73 Å². The van der Waals surface area contributed by atoms with Crippen molar-refractivity contribution >= 4 is 16.3 Å². The summed E-state index contributed by atoms with van der Waals surface area (Å²) in [7, 11) is 0. The standard InChI is InChI=1S/C10H13N5S/c11-7(5-1-2-5)9-14-15-8(6-3-4-6)12-13-10(15)16-9/h5-7H,1-4,11H2. The fourth-order valence-electron chi connectivity index (χ4n) is 2.03. The summed E-state index contributed by atoms with van der Waals surface area (Å²) in [6.45, 7) is 0. The van der Waals surface area contributed by atoms with Crippen LogP contribution in [0.15, 0.2) is 0 Å². The molecular formula is C10H13N5S. The normalized spacial score (nSPS) is 22.8. The molecule has 0 bridgehead atoms. The highest BCUT2D eigenvalue weighted by atomic mass is 32.1. The van der Waals surface area contributed by atoms with Gasteiger partial charge in [-0.3, -0.25) is 0 Å². The molecule has 2 heterocycles. The largest absolute Gasteiger partial charge is 0.322 e. The lowest BCUT2D eigenvalue weighted by Crippen LogP contribution is -2.12. The van der Waals surface area contributed by atoms with Crippen LogP contribution in [0.3, 0.4) is 0 Å². The summed E-state index contributed by atoms with van der Waals surface area (Å²) in [5, 5.41) is 14.0. The van der Waals surface area contributed by atoms with E-state index < -0.39 is 0 Å². The van der Waals surface area contributed by atoms with Crippen molar-refractivity contribution in [3.63, 3.8) is 0 Å². The molecule has 0 radical (unpaired) electrons. The Bertz CT molecular complexity index is 536. The first-order valence-electron chi connectivity index (χ1n) is 5.80. The minimum absolute atomic E-state index is 0.110. The van der Waals surface area contributed by atoms with E-state index in [0.717, 1.165) is 15.8 Å². The van der Waals surface area contributed by atoms with Gasteiger partial charge in [-0.15, -0.1) is 10.2 Å². The van der Waals surface area contributed by atoms with E-state index in [9.17, 15) is 0 Å². The topological polar surface area (TPSA) is 69.1 Å². The third-order valence-corrected chi connectivity index (χ3v) is 4.39. The fourth-order valence-corrected chi connectivity index (χ4v) is 2.98. The molecule has 5 nitrogen and oxygen atoms in total. The van der Waals surface area contributed by atoms with Crippen molar-refractivity contribution in [2.24, 2.45) is 11.7 Å². The molecule has 6 heteroatoms. The molecule has 4 rings (SSSR count). The van der Waals surface area contributed by atoms with Crippen LogP contribution in [0, 0.1) is 5.92 Å². The van der Waals surface area contributed by atoms with Crippen molar-refractivity contribution in [2.75, 3.05) is 0 Å². The van der Waals surface area contributed by atoms with Gasteiger partial charge in [0, 0.05) is 5.92 Å². The summed E-state index contributed by atoms with van der Waals surface area (Å²) in [5.41, 5.74) is 6.15. The average molecular weight is 235 g/mol. The molecule has 2 saturated carbocycles. The summed E-state index contributed by atoms with van der Waals surface area (Å²) in [5.74, 6) is 2.26. The SMILES string of the molecule is NC(c1nn2c(C3CC3)nnc2s1)C1CC1. The second-order valence-corrected chi connectivity index (χ2v) is 5.82. The number of rotatable bonds is 3. The number of nitrogens with two attached hydrogens (primary N) is 1. The van der Waals surface area contributed by atoms with E-state index in [1.165, 1.54) is 25.7 Å². The molecule has 16 heavy (non-hydrogen) atoms. The monoisotopic (exact) mass is 235 g/mol. The number of aromatic nitrogens is 4. The molecule has 1 atom stereocenters. The molecule has 2 aliphatic carbocycles. The highest BCUT2D eigenvalue weighted by Gasteiger charge is 2.34. The lowest BCUT2D eigenvalue weighted by molar-refractivity contribution is 0.614. The quantitative estimate of drug-likeness (QED) is 0.874. The molecule has 2 fully saturated rings. The number of hydrogen-bond donors (Lipinski definition) is 1. The van der Waals surface area contributed by atoms with Crippen LogP contribution in [0.4, 0.5) is 0 Å². The summed E-state index contributed by atoms with van der Waals surface area (Å²) in [6.07, 6.45) is 4.94. The van der Waals surface area contributed by atoms with Crippen LogP contribution in [0.25, 0.3) is 4.96 Å². The van der Waals surface area contributed by atoms with E-state index in [-0.39, 0.29) is 6.04 Å². The zero-order chi connectivity index (χ0) is 10.7. The van der Waals surface area contributed by atoms with Gasteiger partial charge in [-0.05, 0) is 31.6 Å². The van der Waals surface area contributed by atoms with E-state index in [4.69, 9.17) is 5.73 Å². The number of nitrogens with zero attached hydrogens (tertiary/aromatic N) is 4. The predicted molar refractivity (Wildman–Crippen MR) is 60.3 cm³/mol.